The van der Waals surface area contributed by atoms with Crippen LogP contribution in [0.4, 0.5) is 10.2 Å². The Morgan fingerprint density at radius 1 is 1.27 bits per heavy atom. The molecule has 116 valence electrons. The zero-order chi connectivity index (χ0) is 15.4. The van der Waals surface area contributed by atoms with Crippen LogP contribution in [0, 0.1) is 0 Å². The molecule has 1 aromatic heterocycles. The van der Waals surface area contributed by atoms with E-state index < -0.39 is 0 Å². The van der Waals surface area contributed by atoms with E-state index in [2.05, 4.69) is 11.0 Å². The van der Waals surface area contributed by atoms with E-state index in [1.165, 1.54) is 12.8 Å². The second kappa shape index (κ2) is 6.75. The van der Waals surface area contributed by atoms with Crippen molar-refractivity contribution < 1.29 is 9.13 Å². The van der Waals surface area contributed by atoms with Gasteiger partial charge in [-0.1, -0.05) is 0 Å². The van der Waals surface area contributed by atoms with Gasteiger partial charge in [-0.3, -0.25) is 0 Å². The highest BCUT2D eigenvalue weighted by Crippen LogP contribution is 2.24. The van der Waals surface area contributed by atoms with Gasteiger partial charge in [-0.25, -0.2) is 9.37 Å². The molecule has 22 heavy (non-hydrogen) atoms. The lowest BCUT2D eigenvalue weighted by atomic mass is 10.2. The molecule has 0 radical (unpaired) electrons. The average molecular weight is 301 g/mol. The first-order chi connectivity index (χ1) is 10.8. The maximum Gasteiger partial charge on any atom is 0.129 e. The Morgan fingerprint density at radius 3 is 2.82 bits per heavy atom. The van der Waals surface area contributed by atoms with Gasteiger partial charge in [-0.15, -0.1) is 0 Å². The molecular formula is C17H20FN3O. The van der Waals surface area contributed by atoms with E-state index in [-0.39, 0.29) is 13.2 Å². The van der Waals surface area contributed by atoms with E-state index in [1.54, 1.807) is 0 Å². The molecule has 1 saturated heterocycles. The van der Waals surface area contributed by atoms with E-state index in [4.69, 9.17) is 15.5 Å². The molecule has 0 unspecified atom stereocenters. The van der Waals surface area contributed by atoms with Crippen LogP contribution in [-0.4, -0.2) is 31.2 Å². The summed E-state index contributed by atoms with van der Waals surface area (Å²) in [5.74, 6) is 1.72. The number of ether oxygens (including phenoxy) is 1. The van der Waals surface area contributed by atoms with Crippen molar-refractivity contribution in [3.05, 3.63) is 42.2 Å². The van der Waals surface area contributed by atoms with E-state index in [9.17, 15) is 4.39 Å². The third kappa shape index (κ3) is 3.20. The molecule has 5 heteroatoms. The van der Waals surface area contributed by atoms with Crippen molar-refractivity contribution >= 4 is 16.7 Å². The second-order valence-electron chi connectivity index (χ2n) is 5.48. The Bertz CT molecular complexity index is 681. The second-order valence-corrected chi connectivity index (χ2v) is 5.48. The largest absolute Gasteiger partial charge is 0.489 e. The number of nitrogens with two attached hydrogens (primary N) is 1. The highest BCUT2D eigenvalue weighted by Gasteiger charge is 2.13. The third-order valence-corrected chi connectivity index (χ3v) is 3.92. The number of rotatable bonds is 5. The van der Waals surface area contributed by atoms with Crippen LogP contribution in [-0.2, 0) is 0 Å². The van der Waals surface area contributed by atoms with Crippen LogP contribution in [0.5, 0.6) is 5.75 Å². The number of aromatic nitrogens is 1. The van der Waals surface area contributed by atoms with Gasteiger partial charge >= 0.3 is 0 Å². The fraction of sp³-hybridized carbons (Fsp3) is 0.353. The Hall–Kier alpha value is -2.14. The van der Waals surface area contributed by atoms with Gasteiger partial charge in [0.2, 0.25) is 0 Å². The minimum atomic E-state index is 0.158. The zero-order valence-corrected chi connectivity index (χ0v) is 12.5. The summed E-state index contributed by atoms with van der Waals surface area (Å²) in [6.45, 7) is 2.48. The molecule has 3 rings (SSSR count). The summed E-state index contributed by atoms with van der Waals surface area (Å²) in [7, 11) is 0. The Kier molecular flexibility index (Phi) is 4.53. The zero-order valence-electron chi connectivity index (χ0n) is 12.5. The van der Waals surface area contributed by atoms with Gasteiger partial charge in [-0.05, 0) is 43.2 Å². The van der Waals surface area contributed by atoms with Crippen LogP contribution in [0.25, 0.3) is 10.9 Å². The van der Waals surface area contributed by atoms with Crippen molar-refractivity contribution in [2.45, 2.75) is 12.8 Å². The number of fused-ring (bicyclic) bond motifs is 1. The number of anilines is 1. The minimum absolute atomic E-state index is 0.158. The van der Waals surface area contributed by atoms with Crippen LogP contribution < -0.4 is 15.4 Å². The van der Waals surface area contributed by atoms with Gasteiger partial charge in [0.1, 0.15) is 18.2 Å². The number of pyridine rings is 1. The van der Waals surface area contributed by atoms with Crippen molar-refractivity contribution in [1.82, 2.24) is 4.98 Å². The van der Waals surface area contributed by atoms with Crippen LogP contribution >= 0.6 is 0 Å². The van der Waals surface area contributed by atoms with Crippen LogP contribution in [0.2, 0.25) is 0 Å². The van der Waals surface area contributed by atoms with Gasteiger partial charge in [0, 0.05) is 30.6 Å². The minimum Gasteiger partial charge on any atom is -0.489 e. The van der Waals surface area contributed by atoms with Crippen molar-refractivity contribution in [3.8, 4) is 5.75 Å². The highest BCUT2D eigenvalue weighted by molar-refractivity contribution is 5.81. The van der Waals surface area contributed by atoms with Crippen molar-refractivity contribution in [1.29, 1.82) is 0 Å². The summed E-state index contributed by atoms with van der Waals surface area (Å²) in [6, 6.07) is 9.81. The normalized spacial score (nSPS) is 15.5. The monoisotopic (exact) mass is 301 g/mol. The quantitative estimate of drug-likeness (QED) is 0.922. The van der Waals surface area contributed by atoms with E-state index in [0.29, 0.717) is 17.7 Å². The third-order valence-electron chi connectivity index (χ3n) is 3.92. The number of hydrogen-bond acceptors (Lipinski definition) is 4. The Labute approximate surface area is 129 Å². The van der Waals surface area contributed by atoms with Crippen LogP contribution in [0.15, 0.2) is 42.2 Å². The number of nitrogens with zero attached hydrogens (tertiary/aromatic N) is 2. The maximum absolute atomic E-state index is 12.5. The summed E-state index contributed by atoms with van der Waals surface area (Å²) in [6.07, 6.45) is 2.97. The predicted molar refractivity (Wildman–Crippen MR) is 86.9 cm³/mol. The first kappa shape index (κ1) is 14.8. The molecule has 0 saturated carbocycles. The lowest BCUT2D eigenvalue weighted by Crippen LogP contribution is -2.18. The topological polar surface area (TPSA) is 51.4 Å². The summed E-state index contributed by atoms with van der Waals surface area (Å²) in [4.78, 5) is 7.01. The molecular weight excluding hydrogens is 281 g/mol. The molecule has 1 aliphatic heterocycles. The number of benzene rings is 1. The summed E-state index contributed by atoms with van der Waals surface area (Å²) >= 11 is 0. The molecule has 1 aromatic carbocycles. The van der Waals surface area contributed by atoms with E-state index >= 15 is 0 Å². The van der Waals surface area contributed by atoms with Crippen molar-refractivity contribution in [2.75, 3.05) is 31.1 Å². The van der Waals surface area contributed by atoms with Crippen LogP contribution in [0.3, 0.4) is 0 Å². The van der Waals surface area contributed by atoms with Crippen LogP contribution in [0.1, 0.15) is 12.8 Å². The number of halogens is 1. The number of hydrogen-bond donors (Lipinski definition) is 1. The molecule has 0 amide bonds. The van der Waals surface area contributed by atoms with Gasteiger partial charge in [0.25, 0.3) is 0 Å². The highest BCUT2D eigenvalue weighted by atomic mass is 19.1. The Balaban J connectivity index is 1.77. The van der Waals surface area contributed by atoms with E-state index in [1.807, 2.05) is 24.3 Å². The molecule has 0 aliphatic carbocycles. The summed E-state index contributed by atoms with van der Waals surface area (Å²) in [5.41, 5.74) is 6.79. The first-order valence-corrected chi connectivity index (χ1v) is 7.57. The lowest BCUT2D eigenvalue weighted by Gasteiger charge is -2.16. The Morgan fingerprint density at radius 2 is 2.09 bits per heavy atom. The molecule has 0 spiro atoms. The SMILES string of the molecule is NC/C(=C\F)COc1ccc2nc(N3CCCC3)ccc2c1. The molecule has 2 aromatic rings. The average Bonchev–Trinajstić information content (AvgIpc) is 3.10. The van der Waals surface area contributed by atoms with Crippen molar-refractivity contribution in [3.63, 3.8) is 0 Å². The molecule has 0 bridgehead atoms. The molecule has 4 nitrogen and oxygen atoms in total. The standard InChI is InChI=1S/C17H20FN3O/c18-10-13(11-19)12-22-15-4-5-16-14(9-15)3-6-17(20-16)21-7-1-2-8-21/h3-6,9-10H,1-2,7-8,11-12,19H2/b13-10+. The first-order valence-electron chi connectivity index (χ1n) is 7.57. The predicted octanol–water partition coefficient (Wildman–Crippen LogP) is 3.03. The van der Waals surface area contributed by atoms with Gasteiger partial charge in [0.15, 0.2) is 0 Å². The molecule has 1 fully saturated rings. The fourth-order valence-corrected chi connectivity index (χ4v) is 2.62. The smallest absolute Gasteiger partial charge is 0.129 e. The molecule has 1 aliphatic rings. The fourth-order valence-electron chi connectivity index (χ4n) is 2.62. The van der Waals surface area contributed by atoms with Gasteiger partial charge < -0.3 is 15.4 Å². The molecule has 0 atom stereocenters. The van der Waals surface area contributed by atoms with Gasteiger partial charge in [-0.2, -0.15) is 0 Å². The van der Waals surface area contributed by atoms with E-state index in [0.717, 1.165) is 29.8 Å². The molecule has 2 N–H and O–H groups in total. The maximum atomic E-state index is 12.5. The van der Waals surface area contributed by atoms with Gasteiger partial charge in [0.05, 0.1) is 11.8 Å². The lowest BCUT2D eigenvalue weighted by molar-refractivity contribution is 0.348. The molecule has 2 heterocycles. The summed E-state index contributed by atoms with van der Waals surface area (Å²) in [5, 5.41) is 1.01. The van der Waals surface area contributed by atoms with Crippen molar-refractivity contribution in [2.24, 2.45) is 5.73 Å². The summed E-state index contributed by atoms with van der Waals surface area (Å²) < 4.78 is 18.0.